The number of halogens is 2. The van der Waals surface area contributed by atoms with Gasteiger partial charge in [-0.3, -0.25) is 0 Å². The van der Waals surface area contributed by atoms with Crippen molar-refractivity contribution in [2.24, 2.45) is 5.41 Å². The third-order valence-electron chi connectivity index (χ3n) is 2.40. The van der Waals surface area contributed by atoms with Crippen LogP contribution in [0.15, 0.2) is 22.7 Å². The molecule has 0 amide bonds. The maximum atomic E-state index is 8.87. The Morgan fingerprint density at radius 3 is 2.76 bits per heavy atom. The second-order valence-corrected chi connectivity index (χ2v) is 5.85. The average molecular weight is 317 g/mol. The van der Waals surface area contributed by atoms with Crippen LogP contribution in [0.5, 0.6) is 5.75 Å². The maximum absolute atomic E-state index is 8.87. The maximum Gasteiger partial charge on any atom is 0.137 e. The van der Waals surface area contributed by atoms with Crippen LogP contribution in [0.3, 0.4) is 0 Å². The molecule has 4 heteroatoms. The molecule has 0 atom stereocenters. The Labute approximate surface area is 116 Å². The molecule has 2 nitrogen and oxygen atoms in total. The normalized spacial score (nSPS) is 11.0. The number of nitriles is 1. The summed E-state index contributed by atoms with van der Waals surface area (Å²) in [6.45, 7) is 4.44. The van der Waals surface area contributed by atoms with E-state index in [2.05, 4.69) is 22.0 Å². The lowest BCUT2D eigenvalue weighted by molar-refractivity contribution is 0.284. The molecule has 92 valence electrons. The van der Waals surface area contributed by atoms with Gasteiger partial charge in [-0.25, -0.2) is 0 Å². The first-order valence-corrected chi connectivity index (χ1v) is 6.61. The van der Waals surface area contributed by atoms with Crippen LogP contribution in [0.2, 0.25) is 5.02 Å². The average Bonchev–Trinajstić information content (AvgIpc) is 2.27. The molecule has 1 rings (SSSR count). The lowest BCUT2D eigenvalue weighted by Crippen LogP contribution is -2.10. The fourth-order valence-electron chi connectivity index (χ4n) is 1.34. The fraction of sp³-hybridized carbons (Fsp3) is 0.462. The van der Waals surface area contributed by atoms with Crippen molar-refractivity contribution in [1.82, 2.24) is 0 Å². The molecular formula is C13H15BrClNO. The van der Waals surface area contributed by atoms with Crippen LogP contribution in [0.4, 0.5) is 0 Å². The molecule has 0 saturated heterocycles. The van der Waals surface area contributed by atoms with E-state index in [9.17, 15) is 0 Å². The van der Waals surface area contributed by atoms with Crippen molar-refractivity contribution in [2.75, 3.05) is 6.61 Å². The monoisotopic (exact) mass is 315 g/mol. The number of ether oxygens (including phenoxy) is 1. The molecule has 0 aliphatic heterocycles. The molecule has 0 saturated carbocycles. The van der Waals surface area contributed by atoms with E-state index in [0.29, 0.717) is 17.4 Å². The summed E-state index contributed by atoms with van der Waals surface area (Å²) in [5.41, 5.74) is -0.285. The van der Waals surface area contributed by atoms with Gasteiger partial charge in [0.05, 0.1) is 23.1 Å². The van der Waals surface area contributed by atoms with Crippen molar-refractivity contribution in [3.05, 3.63) is 27.7 Å². The highest BCUT2D eigenvalue weighted by molar-refractivity contribution is 9.10. The molecule has 0 aliphatic carbocycles. The van der Waals surface area contributed by atoms with Crippen LogP contribution in [0.25, 0.3) is 0 Å². The van der Waals surface area contributed by atoms with Crippen molar-refractivity contribution in [2.45, 2.75) is 26.7 Å². The molecule has 0 aliphatic rings. The molecule has 1 aromatic carbocycles. The van der Waals surface area contributed by atoms with Gasteiger partial charge in [0.15, 0.2) is 0 Å². The van der Waals surface area contributed by atoms with E-state index >= 15 is 0 Å². The molecule has 0 aromatic heterocycles. The van der Waals surface area contributed by atoms with E-state index in [0.717, 1.165) is 17.3 Å². The van der Waals surface area contributed by atoms with Crippen molar-refractivity contribution in [1.29, 1.82) is 5.26 Å². The summed E-state index contributed by atoms with van der Waals surface area (Å²) >= 11 is 9.36. The molecule has 0 unspecified atom stereocenters. The Bertz CT molecular complexity index is 426. The van der Waals surface area contributed by atoms with Crippen LogP contribution < -0.4 is 4.74 Å². The standard InChI is InChI=1S/C13H15BrClNO/c1-13(2,9-16)6-3-7-17-12-5-4-10(14)8-11(12)15/h4-5,8H,3,6-7H2,1-2H3. The summed E-state index contributed by atoms with van der Waals surface area (Å²) in [6.07, 6.45) is 1.66. The van der Waals surface area contributed by atoms with E-state index in [1.807, 2.05) is 26.0 Å². The lowest BCUT2D eigenvalue weighted by atomic mass is 9.90. The molecule has 0 bridgehead atoms. The number of hydrogen-bond donors (Lipinski definition) is 0. The fourth-order valence-corrected chi connectivity index (χ4v) is 2.07. The van der Waals surface area contributed by atoms with Gasteiger partial charge in [0.1, 0.15) is 5.75 Å². The minimum atomic E-state index is -0.285. The largest absolute Gasteiger partial charge is 0.492 e. The molecule has 17 heavy (non-hydrogen) atoms. The zero-order valence-corrected chi connectivity index (χ0v) is 12.3. The quantitative estimate of drug-likeness (QED) is 0.730. The van der Waals surface area contributed by atoms with Gasteiger partial charge >= 0.3 is 0 Å². The minimum Gasteiger partial charge on any atom is -0.492 e. The lowest BCUT2D eigenvalue weighted by Gasteiger charge is -2.15. The van der Waals surface area contributed by atoms with Gasteiger partial charge in [0.2, 0.25) is 0 Å². The number of hydrogen-bond acceptors (Lipinski definition) is 2. The molecule has 0 heterocycles. The molecule has 0 radical (unpaired) electrons. The smallest absolute Gasteiger partial charge is 0.137 e. The summed E-state index contributed by atoms with van der Waals surface area (Å²) in [5, 5.41) is 9.46. The summed E-state index contributed by atoms with van der Waals surface area (Å²) in [6, 6.07) is 7.80. The van der Waals surface area contributed by atoms with Gasteiger partial charge in [-0.15, -0.1) is 0 Å². The second kappa shape index (κ2) is 6.28. The summed E-state index contributed by atoms with van der Waals surface area (Å²) in [5.74, 6) is 0.685. The van der Waals surface area contributed by atoms with Crippen molar-refractivity contribution >= 4 is 27.5 Å². The molecule has 0 N–H and O–H groups in total. The van der Waals surface area contributed by atoms with Gasteiger partial charge in [-0.05, 0) is 44.9 Å². The highest BCUT2D eigenvalue weighted by atomic mass is 79.9. The second-order valence-electron chi connectivity index (χ2n) is 4.52. The third kappa shape index (κ3) is 4.97. The summed E-state index contributed by atoms with van der Waals surface area (Å²) < 4.78 is 6.50. The number of rotatable bonds is 5. The summed E-state index contributed by atoms with van der Waals surface area (Å²) in [7, 11) is 0. The van der Waals surface area contributed by atoms with E-state index in [1.165, 1.54) is 0 Å². The molecule has 0 fully saturated rings. The van der Waals surface area contributed by atoms with Crippen LogP contribution in [-0.2, 0) is 0 Å². The Kier molecular flexibility index (Phi) is 5.30. The Morgan fingerprint density at radius 2 is 2.18 bits per heavy atom. The Balaban J connectivity index is 2.39. The van der Waals surface area contributed by atoms with Crippen LogP contribution in [-0.4, -0.2) is 6.61 Å². The van der Waals surface area contributed by atoms with Crippen LogP contribution in [0, 0.1) is 16.7 Å². The highest BCUT2D eigenvalue weighted by Crippen LogP contribution is 2.28. The third-order valence-corrected chi connectivity index (χ3v) is 3.19. The zero-order chi connectivity index (χ0) is 12.9. The zero-order valence-electron chi connectivity index (χ0n) is 9.96. The van der Waals surface area contributed by atoms with Gasteiger partial charge in [0.25, 0.3) is 0 Å². The minimum absolute atomic E-state index is 0.285. The van der Waals surface area contributed by atoms with E-state index < -0.39 is 0 Å². The van der Waals surface area contributed by atoms with E-state index in [1.54, 1.807) is 6.07 Å². The van der Waals surface area contributed by atoms with E-state index in [4.69, 9.17) is 21.6 Å². The predicted octanol–water partition coefficient (Wildman–Crippen LogP) is 4.81. The number of nitrogens with zero attached hydrogens (tertiary/aromatic N) is 1. The summed E-state index contributed by atoms with van der Waals surface area (Å²) in [4.78, 5) is 0. The molecule has 1 aromatic rings. The SMILES string of the molecule is CC(C)(C#N)CCCOc1ccc(Br)cc1Cl. The Morgan fingerprint density at radius 1 is 1.47 bits per heavy atom. The Hall–Kier alpha value is -0.720. The van der Waals surface area contributed by atoms with E-state index in [-0.39, 0.29) is 5.41 Å². The van der Waals surface area contributed by atoms with Gasteiger partial charge in [0, 0.05) is 4.47 Å². The topological polar surface area (TPSA) is 33.0 Å². The van der Waals surface area contributed by atoms with Gasteiger partial charge in [-0.2, -0.15) is 5.26 Å². The van der Waals surface area contributed by atoms with Crippen molar-refractivity contribution in [3.8, 4) is 11.8 Å². The van der Waals surface area contributed by atoms with Gasteiger partial charge in [-0.1, -0.05) is 27.5 Å². The van der Waals surface area contributed by atoms with Crippen LogP contribution >= 0.6 is 27.5 Å². The van der Waals surface area contributed by atoms with Crippen molar-refractivity contribution in [3.63, 3.8) is 0 Å². The number of benzene rings is 1. The first-order valence-electron chi connectivity index (χ1n) is 5.44. The first kappa shape index (κ1) is 14.3. The predicted molar refractivity (Wildman–Crippen MR) is 73.3 cm³/mol. The molecule has 0 spiro atoms. The first-order chi connectivity index (χ1) is 7.94. The van der Waals surface area contributed by atoms with Crippen LogP contribution in [0.1, 0.15) is 26.7 Å². The van der Waals surface area contributed by atoms with Gasteiger partial charge < -0.3 is 4.74 Å². The molecular weight excluding hydrogens is 302 g/mol. The highest BCUT2D eigenvalue weighted by Gasteiger charge is 2.15. The van der Waals surface area contributed by atoms with Crippen molar-refractivity contribution < 1.29 is 4.74 Å².